The lowest BCUT2D eigenvalue weighted by Gasteiger charge is -2.17. The summed E-state index contributed by atoms with van der Waals surface area (Å²) in [5.74, 6) is 0.642. The van der Waals surface area contributed by atoms with Crippen LogP contribution in [-0.4, -0.2) is 7.05 Å². The zero-order valence-electron chi connectivity index (χ0n) is 9.41. The first kappa shape index (κ1) is 12.3. The number of rotatable bonds is 4. The van der Waals surface area contributed by atoms with Gasteiger partial charge in [-0.15, -0.1) is 0 Å². The number of hydrogen-bond donors (Lipinski definition) is 1. The molecule has 0 fully saturated rings. The van der Waals surface area contributed by atoms with Crippen LogP contribution in [0.25, 0.3) is 0 Å². The Hall–Kier alpha value is -1.13. The molecule has 90 valence electrons. The molecule has 17 heavy (non-hydrogen) atoms. The van der Waals surface area contributed by atoms with Crippen molar-refractivity contribution in [3.63, 3.8) is 0 Å². The molecule has 0 radical (unpaired) electrons. The Kier molecular flexibility index (Phi) is 3.97. The Bertz CT molecular complexity index is 484. The number of benzene rings is 1. The molecule has 2 nitrogen and oxygen atoms in total. The van der Waals surface area contributed by atoms with Crippen LogP contribution in [0.15, 0.2) is 45.5 Å². The monoisotopic (exact) mass is 297 g/mol. The van der Waals surface area contributed by atoms with Crippen molar-refractivity contribution in [3.8, 4) is 0 Å². The van der Waals surface area contributed by atoms with E-state index in [2.05, 4.69) is 21.2 Å². The topological polar surface area (TPSA) is 25.2 Å². The highest BCUT2D eigenvalue weighted by Gasteiger charge is 2.15. The molecule has 0 amide bonds. The SMILES string of the molecule is CNC(Cc1ccco1)c1cc(F)ccc1Br. The number of halogens is 2. The molecule has 4 heteroatoms. The zero-order chi connectivity index (χ0) is 12.3. The summed E-state index contributed by atoms with van der Waals surface area (Å²) < 4.78 is 19.5. The van der Waals surface area contributed by atoms with Crippen molar-refractivity contribution in [1.29, 1.82) is 0 Å². The molecule has 0 saturated carbocycles. The van der Waals surface area contributed by atoms with Gasteiger partial charge < -0.3 is 9.73 Å². The molecular weight excluding hydrogens is 285 g/mol. The van der Waals surface area contributed by atoms with E-state index in [0.29, 0.717) is 6.42 Å². The highest BCUT2D eigenvalue weighted by molar-refractivity contribution is 9.10. The fraction of sp³-hybridized carbons (Fsp3) is 0.231. The predicted octanol–water partition coefficient (Wildman–Crippen LogP) is 3.68. The van der Waals surface area contributed by atoms with E-state index in [1.54, 1.807) is 12.3 Å². The molecule has 1 aromatic carbocycles. The van der Waals surface area contributed by atoms with Crippen molar-refractivity contribution in [2.24, 2.45) is 0 Å². The lowest BCUT2D eigenvalue weighted by Crippen LogP contribution is -2.19. The van der Waals surface area contributed by atoms with Crippen LogP contribution in [0.1, 0.15) is 17.4 Å². The van der Waals surface area contributed by atoms with Gasteiger partial charge in [0.15, 0.2) is 0 Å². The van der Waals surface area contributed by atoms with Crippen LogP contribution >= 0.6 is 15.9 Å². The predicted molar refractivity (Wildman–Crippen MR) is 68.3 cm³/mol. The van der Waals surface area contributed by atoms with Gasteiger partial charge in [0.25, 0.3) is 0 Å². The Morgan fingerprint density at radius 2 is 2.24 bits per heavy atom. The summed E-state index contributed by atoms with van der Waals surface area (Å²) in [6.07, 6.45) is 2.33. The molecule has 0 aliphatic heterocycles. The molecule has 0 spiro atoms. The summed E-state index contributed by atoms with van der Waals surface area (Å²) >= 11 is 3.44. The Morgan fingerprint density at radius 3 is 2.88 bits per heavy atom. The molecule has 1 heterocycles. The normalized spacial score (nSPS) is 12.6. The van der Waals surface area contributed by atoms with Gasteiger partial charge >= 0.3 is 0 Å². The molecule has 0 bridgehead atoms. The van der Waals surface area contributed by atoms with Gasteiger partial charge in [-0.25, -0.2) is 4.39 Å². The maximum atomic E-state index is 13.3. The third-order valence-corrected chi connectivity index (χ3v) is 3.39. The number of furan rings is 1. The first-order valence-electron chi connectivity index (χ1n) is 5.35. The quantitative estimate of drug-likeness (QED) is 0.931. The molecule has 1 unspecified atom stereocenters. The van der Waals surface area contributed by atoms with Crippen LogP contribution in [0.3, 0.4) is 0 Å². The van der Waals surface area contributed by atoms with Crippen LogP contribution in [0.4, 0.5) is 4.39 Å². The zero-order valence-corrected chi connectivity index (χ0v) is 11.0. The first-order chi connectivity index (χ1) is 8.20. The summed E-state index contributed by atoms with van der Waals surface area (Å²) in [6, 6.07) is 8.48. The number of hydrogen-bond acceptors (Lipinski definition) is 2. The largest absolute Gasteiger partial charge is 0.469 e. The van der Waals surface area contributed by atoms with Crippen LogP contribution in [-0.2, 0) is 6.42 Å². The van der Waals surface area contributed by atoms with Crippen molar-refractivity contribution in [2.75, 3.05) is 7.05 Å². The van der Waals surface area contributed by atoms with Crippen molar-refractivity contribution in [1.82, 2.24) is 5.32 Å². The maximum absolute atomic E-state index is 13.3. The van der Waals surface area contributed by atoms with Crippen LogP contribution in [0.2, 0.25) is 0 Å². The Morgan fingerprint density at radius 1 is 1.41 bits per heavy atom. The second kappa shape index (κ2) is 5.47. The lowest BCUT2D eigenvalue weighted by molar-refractivity contribution is 0.464. The Labute approximate surface area is 108 Å². The molecular formula is C13H13BrFNO. The van der Waals surface area contributed by atoms with Crippen LogP contribution in [0.5, 0.6) is 0 Å². The van der Waals surface area contributed by atoms with Crippen LogP contribution in [0, 0.1) is 5.82 Å². The van der Waals surface area contributed by atoms with Gasteiger partial charge in [-0.05, 0) is 42.9 Å². The van der Waals surface area contributed by atoms with Gasteiger partial charge in [-0.3, -0.25) is 0 Å². The molecule has 0 aliphatic carbocycles. The molecule has 1 aromatic heterocycles. The van der Waals surface area contributed by atoms with Crippen molar-refractivity contribution in [3.05, 3.63) is 58.2 Å². The number of likely N-dealkylation sites (N-methyl/N-ethyl adjacent to an activating group) is 1. The second-order valence-corrected chi connectivity index (χ2v) is 4.64. The molecule has 1 atom stereocenters. The average molecular weight is 298 g/mol. The van der Waals surface area contributed by atoms with E-state index in [-0.39, 0.29) is 11.9 Å². The average Bonchev–Trinajstić information content (AvgIpc) is 2.82. The van der Waals surface area contributed by atoms with E-state index in [0.717, 1.165) is 15.8 Å². The van der Waals surface area contributed by atoms with E-state index < -0.39 is 0 Å². The van der Waals surface area contributed by atoms with Gasteiger partial charge in [-0.1, -0.05) is 15.9 Å². The summed E-state index contributed by atoms with van der Waals surface area (Å²) in [5.41, 5.74) is 0.893. The van der Waals surface area contributed by atoms with Crippen molar-refractivity contribution in [2.45, 2.75) is 12.5 Å². The molecule has 1 N–H and O–H groups in total. The van der Waals surface area contributed by atoms with Crippen molar-refractivity contribution < 1.29 is 8.81 Å². The first-order valence-corrected chi connectivity index (χ1v) is 6.14. The third-order valence-electron chi connectivity index (χ3n) is 2.67. The lowest BCUT2D eigenvalue weighted by atomic mass is 10.0. The summed E-state index contributed by atoms with van der Waals surface area (Å²) in [5, 5.41) is 3.17. The molecule has 0 saturated heterocycles. The minimum Gasteiger partial charge on any atom is -0.469 e. The second-order valence-electron chi connectivity index (χ2n) is 3.79. The summed E-state index contributed by atoms with van der Waals surface area (Å²) in [4.78, 5) is 0. The smallest absolute Gasteiger partial charge is 0.123 e. The maximum Gasteiger partial charge on any atom is 0.123 e. The standard InChI is InChI=1S/C13H13BrFNO/c1-16-13(8-10-3-2-6-17-10)11-7-9(15)4-5-12(11)14/h2-7,13,16H,8H2,1H3. The van der Waals surface area contributed by atoms with Crippen LogP contribution < -0.4 is 5.32 Å². The third kappa shape index (κ3) is 2.96. The molecule has 2 aromatic rings. The van der Waals surface area contributed by atoms with E-state index >= 15 is 0 Å². The Balaban J connectivity index is 2.25. The van der Waals surface area contributed by atoms with E-state index in [9.17, 15) is 4.39 Å². The minimum atomic E-state index is -0.233. The van der Waals surface area contributed by atoms with Gasteiger partial charge in [0.1, 0.15) is 11.6 Å². The van der Waals surface area contributed by atoms with Gasteiger partial charge in [0, 0.05) is 16.9 Å². The van der Waals surface area contributed by atoms with E-state index in [4.69, 9.17) is 4.42 Å². The van der Waals surface area contributed by atoms with Gasteiger partial charge in [0.2, 0.25) is 0 Å². The molecule has 2 rings (SSSR count). The fourth-order valence-corrected chi connectivity index (χ4v) is 2.30. The van der Waals surface area contributed by atoms with Crippen molar-refractivity contribution >= 4 is 15.9 Å². The summed E-state index contributed by atoms with van der Waals surface area (Å²) in [6.45, 7) is 0. The highest BCUT2D eigenvalue weighted by atomic mass is 79.9. The highest BCUT2D eigenvalue weighted by Crippen LogP contribution is 2.26. The van der Waals surface area contributed by atoms with E-state index in [1.807, 2.05) is 19.2 Å². The van der Waals surface area contributed by atoms with Gasteiger partial charge in [-0.2, -0.15) is 0 Å². The molecule has 0 aliphatic rings. The van der Waals surface area contributed by atoms with Gasteiger partial charge in [0.05, 0.1) is 6.26 Å². The summed E-state index contributed by atoms with van der Waals surface area (Å²) in [7, 11) is 1.85. The minimum absolute atomic E-state index is 0.0197. The number of nitrogens with one attached hydrogen (secondary N) is 1. The fourth-order valence-electron chi connectivity index (χ4n) is 1.78. The van der Waals surface area contributed by atoms with E-state index in [1.165, 1.54) is 12.1 Å².